The van der Waals surface area contributed by atoms with Crippen LogP contribution in [0.5, 0.6) is 0 Å². The van der Waals surface area contributed by atoms with Gasteiger partial charge in [-0.2, -0.15) is 26.3 Å². The number of carbonyl (C=O) groups is 3. The predicted octanol–water partition coefficient (Wildman–Crippen LogP) is 3.37. The molecule has 0 N–H and O–H groups in total. The average molecular weight is 482 g/mol. The van der Waals surface area contributed by atoms with Gasteiger partial charge in [0.2, 0.25) is 0 Å². The van der Waals surface area contributed by atoms with Gasteiger partial charge in [0.15, 0.2) is 0 Å². The van der Waals surface area contributed by atoms with Crippen LogP contribution >= 0.6 is 11.3 Å². The van der Waals surface area contributed by atoms with Gasteiger partial charge in [-0.15, -0.1) is 11.3 Å². The second-order valence-corrected chi connectivity index (χ2v) is 7.77. The Labute approximate surface area is 180 Å². The highest BCUT2D eigenvalue weighted by molar-refractivity contribution is 7.16. The number of ketones is 1. The molecule has 7 nitrogen and oxygen atoms in total. The number of amides is 1. The van der Waals surface area contributed by atoms with Crippen LogP contribution in [-0.4, -0.2) is 66.1 Å². The molecule has 0 aromatic carbocycles. The highest BCUT2D eigenvalue weighted by atomic mass is 32.1. The Hall–Kier alpha value is -3.00. The van der Waals surface area contributed by atoms with E-state index in [1.165, 1.54) is 29.3 Å². The second-order valence-electron chi connectivity index (χ2n) is 6.68. The van der Waals surface area contributed by atoms with Crippen molar-refractivity contribution in [2.75, 3.05) is 26.2 Å². The molecule has 3 heterocycles. The van der Waals surface area contributed by atoms with E-state index in [4.69, 9.17) is 4.84 Å². The third kappa shape index (κ3) is 4.91. The number of halogens is 6. The van der Waals surface area contributed by atoms with Crippen molar-refractivity contribution in [3.63, 3.8) is 0 Å². The van der Waals surface area contributed by atoms with Crippen LogP contribution in [-0.2, 0) is 9.63 Å². The van der Waals surface area contributed by atoms with Crippen LogP contribution in [0, 0.1) is 0 Å². The Morgan fingerprint density at radius 3 is 2.09 bits per heavy atom. The monoisotopic (exact) mass is 482 g/mol. The summed E-state index contributed by atoms with van der Waals surface area (Å²) < 4.78 is 75.2. The number of nitrogens with zero attached hydrogens (tertiary/aromatic N) is 3. The molecule has 1 saturated heterocycles. The van der Waals surface area contributed by atoms with Gasteiger partial charge in [-0.1, -0.05) is 10.7 Å². The fourth-order valence-electron chi connectivity index (χ4n) is 3.03. The molecule has 1 aliphatic rings. The number of rotatable bonds is 4. The molecule has 32 heavy (non-hydrogen) atoms. The standard InChI is InChI=1S/C18H14F6N3O4S/c19-17(20,21)14(28)11-4-5-12(32-11)15(29)26-7-9-27(10-8-26,13-3-1-2-6-25-13)31-16(30)18(22,23)24/h1-6H,7-10H2/q+1. The number of piperazine rings is 1. The number of hydrogen-bond donors (Lipinski definition) is 0. The highest BCUT2D eigenvalue weighted by Crippen LogP contribution is 2.30. The first-order valence-corrected chi connectivity index (χ1v) is 9.75. The molecule has 1 amide bonds. The molecule has 0 radical (unpaired) electrons. The van der Waals surface area contributed by atoms with E-state index >= 15 is 0 Å². The summed E-state index contributed by atoms with van der Waals surface area (Å²) in [6, 6.07) is 6.34. The van der Waals surface area contributed by atoms with Gasteiger partial charge in [-0.05, 0) is 18.2 Å². The fraction of sp³-hybridized carbons (Fsp3) is 0.333. The molecule has 0 atom stereocenters. The maximum Gasteiger partial charge on any atom is 0.497 e. The van der Waals surface area contributed by atoms with Crippen LogP contribution in [0.15, 0.2) is 36.5 Å². The molecule has 172 valence electrons. The lowest BCUT2D eigenvalue weighted by molar-refractivity contribution is -0.238. The van der Waals surface area contributed by atoms with Crippen molar-refractivity contribution in [3.05, 3.63) is 46.3 Å². The van der Waals surface area contributed by atoms with E-state index in [1.54, 1.807) is 0 Å². The van der Waals surface area contributed by atoms with Crippen LogP contribution in [0.25, 0.3) is 0 Å². The molecule has 3 rings (SSSR count). The normalized spacial score (nSPS) is 16.5. The van der Waals surface area contributed by atoms with Crippen molar-refractivity contribution in [3.8, 4) is 0 Å². The first kappa shape index (κ1) is 23.7. The maximum atomic E-state index is 12.8. The largest absolute Gasteiger partial charge is 0.497 e. The van der Waals surface area contributed by atoms with Crippen molar-refractivity contribution in [2.45, 2.75) is 12.4 Å². The fourth-order valence-corrected chi connectivity index (χ4v) is 3.97. The molecular formula is C18H14F6N3O4S+. The molecule has 0 aliphatic carbocycles. The van der Waals surface area contributed by atoms with Gasteiger partial charge in [-0.25, -0.2) is 9.78 Å². The molecule has 0 bridgehead atoms. The number of Topliss-reactive ketones (excluding diaryl/α,β-unsaturated/α-hetero) is 1. The van der Waals surface area contributed by atoms with Gasteiger partial charge in [0.05, 0.1) is 22.8 Å². The summed E-state index contributed by atoms with van der Waals surface area (Å²) in [5.41, 5.74) is 0. The van der Waals surface area contributed by atoms with E-state index in [9.17, 15) is 40.7 Å². The Morgan fingerprint density at radius 1 is 0.938 bits per heavy atom. The zero-order valence-electron chi connectivity index (χ0n) is 15.9. The molecule has 1 fully saturated rings. The Morgan fingerprint density at radius 2 is 1.56 bits per heavy atom. The van der Waals surface area contributed by atoms with Crippen LogP contribution in [0.3, 0.4) is 0 Å². The summed E-state index contributed by atoms with van der Waals surface area (Å²) in [5.74, 6) is -5.18. The summed E-state index contributed by atoms with van der Waals surface area (Å²) in [6.45, 7) is -0.906. The SMILES string of the molecule is O=C(c1ccc(C(=O)C(F)(F)F)s1)N1CC[N+](OC(=O)C(F)(F)F)(c2ccccn2)CC1. The number of hydrogen-bond acceptors (Lipinski definition) is 6. The molecule has 0 spiro atoms. The van der Waals surface area contributed by atoms with Gasteiger partial charge >= 0.3 is 18.3 Å². The zero-order valence-corrected chi connectivity index (χ0v) is 16.8. The van der Waals surface area contributed by atoms with Crippen molar-refractivity contribution in [1.82, 2.24) is 14.5 Å². The minimum absolute atomic E-state index is 0.0198. The lowest BCUT2D eigenvalue weighted by Crippen LogP contribution is -2.63. The van der Waals surface area contributed by atoms with E-state index in [-0.39, 0.29) is 36.9 Å². The number of alkyl halides is 6. The van der Waals surface area contributed by atoms with Crippen molar-refractivity contribution >= 4 is 34.8 Å². The summed E-state index contributed by atoms with van der Waals surface area (Å²) in [5, 5.41) is 0. The van der Waals surface area contributed by atoms with Crippen molar-refractivity contribution in [2.24, 2.45) is 0 Å². The second kappa shape index (κ2) is 8.50. The average Bonchev–Trinajstić information content (AvgIpc) is 3.22. The van der Waals surface area contributed by atoms with Gasteiger partial charge < -0.3 is 4.90 Å². The van der Waals surface area contributed by atoms with E-state index in [1.807, 2.05) is 0 Å². The topological polar surface area (TPSA) is 76.6 Å². The third-order valence-electron chi connectivity index (χ3n) is 4.60. The quantitative estimate of drug-likeness (QED) is 0.380. The van der Waals surface area contributed by atoms with E-state index in [0.717, 1.165) is 12.1 Å². The van der Waals surface area contributed by atoms with Gasteiger partial charge in [0, 0.05) is 12.3 Å². The predicted molar refractivity (Wildman–Crippen MR) is 98.5 cm³/mol. The maximum absolute atomic E-state index is 12.8. The summed E-state index contributed by atoms with van der Waals surface area (Å²) in [7, 11) is 0. The molecule has 0 saturated carbocycles. The number of aromatic nitrogens is 1. The third-order valence-corrected chi connectivity index (χ3v) is 5.68. The smallest absolute Gasteiger partial charge is 0.326 e. The van der Waals surface area contributed by atoms with Crippen LogP contribution in [0.1, 0.15) is 19.3 Å². The van der Waals surface area contributed by atoms with Crippen LogP contribution < -0.4 is 4.65 Å². The molecule has 14 heteroatoms. The lowest BCUT2D eigenvalue weighted by Gasteiger charge is -2.39. The number of hydroxylamine groups is 2. The van der Waals surface area contributed by atoms with Crippen molar-refractivity contribution < 1.29 is 45.6 Å². The van der Waals surface area contributed by atoms with Gasteiger partial charge in [0.25, 0.3) is 17.5 Å². The number of carbonyl (C=O) groups excluding carboxylic acids is 3. The Bertz CT molecular complexity index is 1010. The molecule has 0 unspecified atom stereocenters. The minimum atomic E-state index is -5.24. The highest BCUT2D eigenvalue weighted by Gasteiger charge is 2.51. The van der Waals surface area contributed by atoms with E-state index < -0.39 is 39.5 Å². The molecule has 2 aromatic rings. The molecular weight excluding hydrogens is 468 g/mol. The molecule has 2 aromatic heterocycles. The minimum Gasteiger partial charge on any atom is -0.326 e. The summed E-state index contributed by atoms with van der Waals surface area (Å²) in [4.78, 5) is 44.6. The number of pyridine rings is 1. The van der Waals surface area contributed by atoms with E-state index in [2.05, 4.69) is 4.98 Å². The number of quaternary nitrogens is 1. The summed E-state index contributed by atoms with van der Waals surface area (Å²) >= 11 is 0.368. The van der Waals surface area contributed by atoms with Crippen LogP contribution in [0.2, 0.25) is 0 Å². The van der Waals surface area contributed by atoms with Gasteiger partial charge in [-0.3, -0.25) is 14.4 Å². The van der Waals surface area contributed by atoms with Crippen LogP contribution in [0.4, 0.5) is 32.2 Å². The van der Waals surface area contributed by atoms with Crippen molar-refractivity contribution in [1.29, 1.82) is 0 Å². The lowest BCUT2D eigenvalue weighted by atomic mass is 10.2. The molecule has 1 aliphatic heterocycles. The summed E-state index contributed by atoms with van der Waals surface area (Å²) in [6.07, 6.45) is -9.02. The first-order valence-electron chi connectivity index (χ1n) is 8.93. The van der Waals surface area contributed by atoms with E-state index in [0.29, 0.717) is 11.3 Å². The van der Waals surface area contributed by atoms with Gasteiger partial charge in [0.1, 0.15) is 13.1 Å². The Balaban J connectivity index is 1.77. The number of thiophene rings is 1. The Kier molecular flexibility index (Phi) is 6.29. The first-order chi connectivity index (χ1) is 14.8. The zero-order chi connectivity index (χ0) is 23.7.